The standard InChI is InChI=1S/C29H34N4O4/c1-21-15-17-31-26(18-21)30-16-7-6-10-27(34)32-20-28(35)33-25(19-29(36)37-2)24-13-11-23(12-14-24)22-8-4-3-5-9-22/h3-5,8-9,11-15,17-18,25H,6-7,10,16,19-20H2,1-2H3,(H,30,31)(H,32,34)(H,33,35). The predicted octanol–water partition coefficient (Wildman–Crippen LogP) is 4.18. The third-order valence-corrected chi connectivity index (χ3v) is 5.85. The molecule has 2 aromatic carbocycles. The van der Waals surface area contributed by atoms with Gasteiger partial charge in [-0.1, -0.05) is 54.6 Å². The Morgan fingerprint density at radius 1 is 0.919 bits per heavy atom. The molecule has 0 saturated heterocycles. The normalized spacial score (nSPS) is 11.3. The Morgan fingerprint density at radius 2 is 1.65 bits per heavy atom. The first-order chi connectivity index (χ1) is 17.9. The molecule has 8 nitrogen and oxygen atoms in total. The van der Waals surface area contributed by atoms with Crippen LogP contribution in [0.2, 0.25) is 0 Å². The van der Waals surface area contributed by atoms with Crippen LogP contribution in [-0.2, 0) is 19.1 Å². The van der Waals surface area contributed by atoms with Crippen LogP contribution in [0.1, 0.15) is 42.9 Å². The fraction of sp³-hybridized carbons (Fsp3) is 0.310. The first-order valence-corrected chi connectivity index (χ1v) is 12.4. The Labute approximate surface area is 217 Å². The number of nitrogens with one attached hydrogen (secondary N) is 3. The highest BCUT2D eigenvalue weighted by atomic mass is 16.5. The number of hydrogen-bond acceptors (Lipinski definition) is 6. The van der Waals surface area contributed by atoms with E-state index in [1.165, 1.54) is 7.11 Å². The number of anilines is 1. The van der Waals surface area contributed by atoms with Crippen molar-refractivity contribution in [2.75, 3.05) is 25.5 Å². The van der Waals surface area contributed by atoms with E-state index in [0.29, 0.717) is 19.4 Å². The molecule has 8 heteroatoms. The molecule has 1 unspecified atom stereocenters. The Morgan fingerprint density at radius 3 is 2.35 bits per heavy atom. The fourth-order valence-electron chi connectivity index (χ4n) is 3.81. The molecule has 0 aliphatic carbocycles. The summed E-state index contributed by atoms with van der Waals surface area (Å²) >= 11 is 0. The SMILES string of the molecule is COC(=O)CC(NC(=O)CNC(=O)CCCCNc1cc(C)ccn1)c1ccc(-c2ccccc2)cc1. The second-order valence-corrected chi connectivity index (χ2v) is 8.77. The highest BCUT2D eigenvalue weighted by molar-refractivity contribution is 5.85. The number of aromatic nitrogens is 1. The zero-order valence-electron chi connectivity index (χ0n) is 21.3. The minimum atomic E-state index is -0.567. The summed E-state index contributed by atoms with van der Waals surface area (Å²) in [4.78, 5) is 40.9. The van der Waals surface area contributed by atoms with Crippen molar-refractivity contribution >= 4 is 23.6 Å². The summed E-state index contributed by atoms with van der Waals surface area (Å²) in [6, 6.07) is 20.9. The number of hydrogen-bond donors (Lipinski definition) is 3. The first-order valence-electron chi connectivity index (χ1n) is 12.4. The maximum atomic E-state index is 12.6. The minimum Gasteiger partial charge on any atom is -0.469 e. The van der Waals surface area contributed by atoms with Gasteiger partial charge in [-0.05, 0) is 54.2 Å². The largest absolute Gasteiger partial charge is 0.469 e. The van der Waals surface area contributed by atoms with E-state index < -0.39 is 12.0 Å². The fourth-order valence-corrected chi connectivity index (χ4v) is 3.81. The highest BCUT2D eigenvalue weighted by Gasteiger charge is 2.19. The van der Waals surface area contributed by atoms with Crippen molar-refractivity contribution < 1.29 is 19.1 Å². The van der Waals surface area contributed by atoms with E-state index >= 15 is 0 Å². The second kappa shape index (κ2) is 14.4. The third-order valence-electron chi connectivity index (χ3n) is 5.85. The molecule has 0 aliphatic rings. The Kier molecular flexibility index (Phi) is 10.6. The summed E-state index contributed by atoms with van der Waals surface area (Å²) in [6.45, 7) is 2.55. The van der Waals surface area contributed by atoms with Gasteiger partial charge in [0.1, 0.15) is 5.82 Å². The van der Waals surface area contributed by atoms with Crippen molar-refractivity contribution in [3.8, 4) is 11.1 Å². The number of esters is 1. The molecule has 37 heavy (non-hydrogen) atoms. The number of carbonyl (C=O) groups excluding carboxylic acids is 3. The van der Waals surface area contributed by atoms with Crippen LogP contribution >= 0.6 is 0 Å². The van der Waals surface area contributed by atoms with E-state index in [9.17, 15) is 14.4 Å². The van der Waals surface area contributed by atoms with Crippen LogP contribution in [0.15, 0.2) is 72.9 Å². The topological polar surface area (TPSA) is 109 Å². The van der Waals surface area contributed by atoms with Crippen LogP contribution in [0.3, 0.4) is 0 Å². The maximum Gasteiger partial charge on any atom is 0.307 e. The van der Waals surface area contributed by atoms with Gasteiger partial charge in [0.2, 0.25) is 11.8 Å². The van der Waals surface area contributed by atoms with Crippen molar-refractivity contribution in [2.45, 2.75) is 38.6 Å². The number of rotatable bonds is 13. The van der Waals surface area contributed by atoms with Gasteiger partial charge >= 0.3 is 5.97 Å². The van der Waals surface area contributed by atoms with Crippen LogP contribution in [-0.4, -0.2) is 43.0 Å². The molecule has 0 radical (unpaired) electrons. The first kappa shape index (κ1) is 27.4. The molecule has 1 aromatic heterocycles. The molecule has 2 amide bonds. The number of pyridine rings is 1. The van der Waals surface area contributed by atoms with Gasteiger partial charge < -0.3 is 20.7 Å². The van der Waals surface area contributed by atoms with E-state index in [1.54, 1.807) is 6.20 Å². The number of aryl methyl sites for hydroxylation is 1. The summed E-state index contributed by atoms with van der Waals surface area (Å²) in [6.07, 6.45) is 3.55. The van der Waals surface area contributed by atoms with Crippen LogP contribution in [0.25, 0.3) is 11.1 Å². The van der Waals surface area contributed by atoms with E-state index in [1.807, 2.05) is 73.7 Å². The number of benzene rings is 2. The van der Waals surface area contributed by atoms with E-state index in [4.69, 9.17) is 4.74 Å². The summed E-state index contributed by atoms with van der Waals surface area (Å²) in [7, 11) is 1.31. The molecule has 0 spiro atoms. The lowest BCUT2D eigenvalue weighted by Gasteiger charge is -2.19. The molecule has 0 bridgehead atoms. The maximum absolute atomic E-state index is 12.6. The van der Waals surface area contributed by atoms with Crippen LogP contribution in [0.4, 0.5) is 5.82 Å². The van der Waals surface area contributed by atoms with Crippen LogP contribution in [0, 0.1) is 6.92 Å². The summed E-state index contributed by atoms with van der Waals surface area (Å²) in [5, 5.41) is 8.73. The van der Waals surface area contributed by atoms with Gasteiger partial charge in [0.15, 0.2) is 0 Å². The summed E-state index contributed by atoms with van der Waals surface area (Å²) < 4.78 is 4.80. The average molecular weight is 503 g/mol. The van der Waals surface area contributed by atoms with Gasteiger partial charge in [0.05, 0.1) is 26.1 Å². The lowest BCUT2D eigenvalue weighted by molar-refractivity contribution is -0.141. The zero-order valence-corrected chi connectivity index (χ0v) is 21.3. The molecule has 1 heterocycles. The minimum absolute atomic E-state index is 0.0103. The van der Waals surface area contributed by atoms with Crippen LogP contribution < -0.4 is 16.0 Å². The Balaban J connectivity index is 1.44. The smallest absolute Gasteiger partial charge is 0.307 e. The van der Waals surface area contributed by atoms with Crippen molar-refractivity contribution in [1.82, 2.24) is 15.6 Å². The monoisotopic (exact) mass is 502 g/mol. The molecule has 3 rings (SSSR count). The van der Waals surface area contributed by atoms with Gasteiger partial charge in [-0.25, -0.2) is 4.98 Å². The van der Waals surface area contributed by atoms with E-state index in [0.717, 1.165) is 34.5 Å². The van der Waals surface area contributed by atoms with Gasteiger partial charge in [-0.15, -0.1) is 0 Å². The number of carbonyl (C=O) groups is 3. The van der Waals surface area contributed by atoms with Crippen molar-refractivity contribution in [3.63, 3.8) is 0 Å². The van der Waals surface area contributed by atoms with Gasteiger partial charge in [0.25, 0.3) is 0 Å². The van der Waals surface area contributed by atoms with Crippen molar-refractivity contribution in [1.29, 1.82) is 0 Å². The van der Waals surface area contributed by atoms with Gasteiger partial charge in [-0.2, -0.15) is 0 Å². The number of amides is 2. The second-order valence-electron chi connectivity index (χ2n) is 8.77. The average Bonchev–Trinajstić information content (AvgIpc) is 2.92. The number of methoxy groups -OCH3 is 1. The molecule has 0 fully saturated rings. The summed E-state index contributed by atoms with van der Waals surface area (Å²) in [5.41, 5.74) is 4.02. The quantitative estimate of drug-likeness (QED) is 0.239. The lowest BCUT2D eigenvalue weighted by atomic mass is 9.99. The highest BCUT2D eigenvalue weighted by Crippen LogP contribution is 2.23. The lowest BCUT2D eigenvalue weighted by Crippen LogP contribution is -2.39. The van der Waals surface area contributed by atoms with Gasteiger partial charge in [0, 0.05) is 19.2 Å². The van der Waals surface area contributed by atoms with Gasteiger partial charge in [-0.3, -0.25) is 14.4 Å². The Bertz CT molecular complexity index is 1170. The number of unbranched alkanes of at least 4 members (excludes halogenated alkanes) is 1. The molecular formula is C29H34N4O4. The molecule has 3 aromatic rings. The zero-order chi connectivity index (χ0) is 26.5. The van der Waals surface area contributed by atoms with Crippen molar-refractivity contribution in [2.24, 2.45) is 0 Å². The van der Waals surface area contributed by atoms with E-state index in [-0.39, 0.29) is 24.8 Å². The van der Waals surface area contributed by atoms with Crippen molar-refractivity contribution in [3.05, 3.63) is 84.1 Å². The summed E-state index contributed by atoms with van der Waals surface area (Å²) in [5.74, 6) is -0.185. The molecule has 1 atom stereocenters. The van der Waals surface area contributed by atoms with Crippen LogP contribution in [0.5, 0.6) is 0 Å². The molecule has 0 aliphatic heterocycles. The number of nitrogens with zero attached hydrogens (tertiary/aromatic N) is 1. The van der Waals surface area contributed by atoms with E-state index in [2.05, 4.69) is 20.9 Å². The Hall–Kier alpha value is -4.20. The molecule has 0 saturated carbocycles. The third kappa shape index (κ3) is 9.40. The predicted molar refractivity (Wildman–Crippen MR) is 144 cm³/mol. The molecule has 3 N–H and O–H groups in total. The molecule has 194 valence electrons. The molecular weight excluding hydrogens is 468 g/mol. The number of ether oxygens (including phenoxy) is 1.